The van der Waals surface area contributed by atoms with Crippen LogP contribution in [0.2, 0.25) is 0 Å². The van der Waals surface area contributed by atoms with Gasteiger partial charge in [-0.05, 0) is 57.2 Å². The quantitative estimate of drug-likeness (QED) is 0.612. The van der Waals surface area contributed by atoms with Gasteiger partial charge in [0.1, 0.15) is 17.2 Å². The third-order valence-corrected chi connectivity index (χ3v) is 5.23. The Hall–Kier alpha value is -3.05. The van der Waals surface area contributed by atoms with Crippen molar-refractivity contribution in [3.63, 3.8) is 0 Å². The van der Waals surface area contributed by atoms with Crippen molar-refractivity contribution < 1.29 is 31.5 Å². The number of halogens is 2. The van der Waals surface area contributed by atoms with Crippen LogP contribution in [0, 0.1) is 11.6 Å². The van der Waals surface area contributed by atoms with Gasteiger partial charge in [-0.2, -0.15) is 0 Å². The van der Waals surface area contributed by atoms with Crippen molar-refractivity contribution in [1.29, 1.82) is 0 Å². The lowest BCUT2D eigenvalue weighted by Gasteiger charge is -2.20. The fraction of sp³-hybridized carbons (Fsp3) is 0.300. The molecule has 0 radical (unpaired) electrons. The normalized spacial score (nSPS) is 11.7. The van der Waals surface area contributed by atoms with E-state index >= 15 is 0 Å². The van der Waals surface area contributed by atoms with Crippen molar-refractivity contribution in [3.05, 3.63) is 53.6 Å². The number of benzene rings is 2. The first-order chi connectivity index (χ1) is 14.3. The molecule has 168 valence electrons. The number of anilines is 2. The van der Waals surface area contributed by atoms with Gasteiger partial charge in [-0.15, -0.1) is 0 Å². The molecule has 3 N–H and O–H groups in total. The minimum Gasteiger partial charge on any atom is -0.444 e. The van der Waals surface area contributed by atoms with Gasteiger partial charge >= 0.3 is 6.09 Å². The summed E-state index contributed by atoms with van der Waals surface area (Å²) in [4.78, 5) is 24.1. The lowest BCUT2D eigenvalue weighted by atomic mass is 10.2. The molecule has 0 aliphatic carbocycles. The number of sulfonamides is 1. The van der Waals surface area contributed by atoms with E-state index < -0.39 is 44.8 Å². The Kier molecular flexibility index (Phi) is 7.34. The first-order valence-corrected chi connectivity index (χ1v) is 10.7. The number of amides is 2. The van der Waals surface area contributed by atoms with Gasteiger partial charge in [-0.25, -0.2) is 26.7 Å². The molecule has 2 amide bonds. The SMILES string of the molecule is CCNS(=O)(=O)c1ccc(F)c(C(=O)Nc2ccc(F)c(NC(=O)OC(C)(C)C)c2)c1. The lowest BCUT2D eigenvalue weighted by molar-refractivity contribution is 0.0635. The van der Waals surface area contributed by atoms with Crippen LogP contribution in [0.15, 0.2) is 41.3 Å². The zero-order valence-corrected chi connectivity index (χ0v) is 18.2. The third-order valence-electron chi connectivity index (χ3n) is 3.69. The summed E-state index contributed by atoms with van der Waals surface area (Å²) in [6.45, 7) is 6.60. The van der Waals surface area contributed by atoms with E-state index in [0.717, 1.165) is 30.3 Å². The predicted molar refractivity (Wildman–Crippen MR) is 111 cm³/mol. The van der Waals surface area contributed by atoms with Gasteiger partial charge < -0.3 is 10.1 Å². The maximum absolute atomic E-state index is 14.2. The van der Waals surface area contributed by atoms with Crippen molar-refractivity contribution in [2.45, 2.75) is 38.2 Å². The number of ether oxygens (including phenoxy) is 1. The molecule has 0 aliphatic rings. The van der Waals surface area contributed by atoms with Crippen molar-refractivity contribution in [2.24, 2.45) is 0 Å². The number of nitrogens with one attached hydrogen (secondary N) is 3. The summed E-state index contributed by atoms with van der Waals surface area (Å²) >= 11 is 0. The second-order valence-corrected chi connectivity index (χ2v) is 9.19. The molecular formula is C20H23F2N3O5S. The molecule has 0 aromatic heterocycles. The average molecular weight is 455 g/mol. The van der Waals surface area contributed by atoms with E-state index in [-0.39, 0.29) is 22.8 Å². The largest absolute Gasteiger partial charge is 0.444 e. The van der Waals surface area contributed by atoms with Gasteiger partial charge in [-0.1, -0.05) is 6.92 Å². The number of carbonyl (C=O) groups excluding carboxylic acids is 2. The van der Waals surface area contributed by atoms with Crippen LogP contribution < -0.4 is 15.4 Å². The van der Waals surface area contributed by atoms with Crippen molar-refractivity contribution in [1.82, 2.24) is 4.72 Å². The number of hydrogen-bond donors (Lipinski definition) is 3. The molecule has 2 aromatic carbocycles. The van der Waals surface area contributed by atoms with E-state index in [9.17, 15) is 26.8 Å². The lowest BCUT2D eigenvalue weighted by Crippen LogP contribution is -2.27. The summed E-state index contributed by atoms with van der Waals surface area (Å²) < 4.78 is 59.7. The smallest absolute Gasteiger partial charge is 0.412 e. The molecule has 0 saturated heterocycles. The molecule has 8 nitrogen and oxygen atoms in total. The van der Waals surface area contributed by atoms with Crippen LogP contribution in [0.1, 0.15) is 38.1 Å². The fourth-order valence-electron chi connectivity index (χ4n) is 2.43. The first-order valence-electron chi connectivity index (χ1n) is 9.22. The Bertz CT molecular complexity index is 1100. The van der Waals surface area contributed by atoms with E-state index in [2.05, 4.69) is 15.4 Å². The second-order valence-electron chi connectivity index (χ2n) is 7.42. The van der Waals surface area contributed by atoms with Crippen molar-refractivity contribution >= 4 is 33.4 Å². The van der Waals surface area contributed by atoms with Crippen LogP contribution in [0.25, 0.3) is 0 Å². The molecule has 0 bridgehead atoms. The van der Waals surface area contributed by atoms with Crippen molar-refractivity contribution in [3.8, 4) is 0 Å². The summed E-state index contributed by atoms with van der Waals surface area (Å²) in [6, 6.07) is 6.10. The van der Waals surface area contributed by atoms with Gasteiger partial charge in [0.2, 0.25) is 10.0 Å². The van der Waals surface area contributed by atoms with Gasteiger partial charge in [-0.3, -0.25) is 10.1 Å². The highest BCUT2D eigenvalue weighted by Gasteiger charge is 2.20. The maximum Gasteiger partial charge on any atom is 0.412 e. The summed E-state index contributed by atoms with van der Waals surface area (Å²) in [5, 5.41) is 4.57. The molecule has 0 atom stereocenters. The van der Waals surface area contributed by atoms with Crippen LogP contribution in [-0.2, 0) is 14.8 Å². The zero-order chi connectivity index (χ0) is 23.4. The fourth-order valence-corrected chi connectivity index (χ4v) is 3.50. The van der Waals surface area contributed by atoms with E-state index in [1.54, 1.807) is 27.7 Å². The number of hydrogen-bond acceptors (Lipinski definition) is 5. The van der Waals surface area contributed by atoms with E-state index in [0.29, 0.717) is 0 Å². The highest BCUT2D eigenvalue weighted by molar-refractivity contribution is 7.89. The molecule has 0 aliphatic heterocycles. The summed E-state index contributed by atoms with van der Waals surface area (Å²) in [5.74, 6) is -2.68. The Morgan fingerprint density at radius 3 is 2.26 bits per heavy atom. The topological polar surface area (TPSA) is 114 Å². The Balaban J connectivity index is 2.25. The van der Waals surface area contributed by atoms with Crippen molar-refractivity contribution in [2.75, 3.05) is 17.2 Å². The summed E-state index contributed by atoms with van der Waals surface area (Å²) in [5.41, 5.74) is -1.56. The molecule has 2 rings (SSSR count). The first kappa shape index (κ1) is 24.2. The standard InChI is InChI=1S/C20H23F2N3O5S/c1-5-23-31(28,29)13-7-9-15(21)14(11-13)18(26)24-12-6-8-16(22)17(10-12)25-19(27)30-20(2,3)4/h6-11,23H,5H2,1-4H3,(H,24,26)(H,25,27). The zero-order valence-electron chi connectivity index (χ0n) is 17.4. The molecular weight excluding hydrogens is 432 g/mol. The average Bonchev–Trinajstić information content (AvgIpc) is 2.63. The number of rotatable bonds is 6. The highest BCUT2D eigenvalue weighted by Crippen LogP contribution is 2.22. The highest BCUT2D eigenvalue weighted by atomic mass is 32.2. The van der Waals surface area contributed by atoms with E-state index in [4.69, 9.17) is 4.74 Å². The Labute approximate surface area is 179 Å². The predicted octanol–water partition coefficient (Wildman–Crippen LogP) is 3.86. The summed E-state index contributed by atoms with van der Waals surface area (Å²) in [6.07, 6.45) is -0.901. The number of carbonyl (C=O) groups is 2. The van der Waals surface area contributed by atoms with Crippen LogP contribution in [0.5, 0.6) is 0 Å². The van der Waals surface area contributed by atoms with Crippen LogP contribution >= 0.6 is 0 Å². The minimum atomic E-state index is -3.90. The van der Waals surface area contributed by atoms with E-state index in [1.165, 1.54) is 6.07 Å². The Morgan fingerprint density at radius 1 is 1.00 bits per heavy atom. The van der Waals surface area contributed by atoms with Crippen LogP contribution in [-0.4, -0.2) is 32.6 Å². The molecule has 31 heavy (non-hydrogen) atoms. The molecule has 0 heterocycles. The van der Waals surface area contributed by atoms with Gasteiger partial charge in [0, 0.05) is 12.2 Å². The molecule has 0 saturated carbocycles. The maximum atomic E-state index is 14.2. The third kappa shape index (κ3) is 6.72. The molecule has 2 aromatic rings. The van der Waals surface area contributed by atoms with Crippen LogP contribution in [0.4, 0.5) is 25.0 Å². The Morgan fingerprint density at radius 2 is 1.65 bits per heavy atom. The molecule has 0 fully saturated rings. The van der Waals surface area contributed by atoms with Gasteiger partial charge in [0.25, 0.3) is 5.91 Å². The molecule has 0 spiro atoms. The van der Waals surface area contributed by atoms with E-state index in [1.807, 2.05) is 0 Å². The van der Waals surface area contributed by atoms with Gasteiger partial charge in [0.15, 0.2) is 0 Å². The minimum absolute atomic E-state index is 0.0387. The second kappa shape index (κ2) is 9.40. The molecule has 11 heteroatoms. The summed E-state index contributed by atoms with van der Waals surface area (Å²) in [7, 11) is -3.90. The van der Waals surface area contributed by atoms with Crippen LogP contribution in [0.3, 0.4) is 0 Å². The molecule has 0 unspecified atom stereocenters. The van der Waals surface area contributed by atoms with Gasteiger partial charge in [0.05, 0.1) is 16.1 Å². The monoisotopic (exact) mass is 455 g/mol.